The number of hydrogen-bond acceptors (Lipinski definition) is 2. The van der Waals surface area contributed by atoms with Crippen LogP contribution in [0.1, 0.15) is 30.8 Å². The number of hydrogen-bond donors (Lipinski definition) is 2. The molecule has 90 valence electrons. The van der Waals surface area contributed by atoms with Gasteiger partial charge in [-0.15, -0.1) is 0 Å². The zero-order valence-corrected chi connectivity index (χ0v) is 11.3. The second kappa shape index (κ2) is 6.06. The Hall–Kier alpha value is -0.810. The smallest absolute Gasteiger partial charge is 0.268 e. The van der Waals surface area contributed by atoms with Crippen molar-refractivity contribution in [1.82, 2.24) is 9.88 Å². The third-order valence-corrected chi connectivity index (χ3v) is 2.73. The first-order valence-electron chi connectivity index (χ1n) is 5.45. The quantitative estimate of drug-likeness (QED) is 0.867. The zero-order chi connectivity index (χ0) is 12.1. The number of nitrogens with one attached hydrogen (secondary N) is 1. The molecule has 16 heavy (non-hydrogen) atoms. The number of nitrogens with two attached hydrogens (primary N) is 1. The first kappa shape index (κ1) is 13.3. The van der Waals surface area contributed by atoms with Gasteiger partial charge < -0.3 is 15.6 Å². The molecule has 1 aromatic heterocycles. The largest absolute Gasteiger partial charge is 0.347 e. The summed E-state index contributed by atoms with van der Waals surface area (Å²) >= 11 is 3.38. The van der Waals surface area contributed by atoms with Crippen molar-refractivity contribution >= 4 is 21.8 Å². The lowest BCUT2D eigenvalue weighted by molar-refractivity contribution is 0.0932. The van der Waals surface area contributed by atoms with Crippen LogP contribution in [0.2, 0.25) is 0 Å². The maximum Gasteiger partial charge on any atom is 0.268 e. The Labute approximate surface area is 104 Å². The van der Waals surface area contributed by atoms with E-state index in [1.54, 1.807) is 0 Å². The van der Waals surface area contributed by atoms with Gasteiger partial charge in [-0.05, 0) is 35.3 Å². The number of nitrogens with zero attached hydrogens (tertiary/aromatic N) is 1. The van der Waals surface area contributed by atoms with E-state index in [-0.39, 0.29) is 11.9 Å². The lowest BCUT2D eigenvalue weighted by atomic mass is 10.3. The molecule has 0 fully saturated rings. The van der Waals surface area contributed by atoms with E-state index in [1.165, 1.54) is 0 Å². The fraction of sp³-hybridized carbons (Fsp3) is 0.545. The van der Waals surface area contributed by atoms with E-state index in [2.05, 4.69) is 28.2 Å². The van der Waals surface area contributed by atoms with Crippen LogP contribution in [0.4, 0.5) is 0 Å². The van der Waals surface area contributed by atoms with Gasteiger partial charge in [0.2, 0.25) is 0 Å². The van der Waals surface area contributed by atoms with E-state index in [0.717, 1.165) is 17.4 Å². The van der Waals surface area contributed by atoms with Crippen LogP contribution in [0.5, 0.6) is 0 Å². The van der Waals surface area contributed by atoms with Crippen molar-refractivity contribution in [3.8, 4) is 0 Å². The van der Waals surface area contributed by atoms with E-state index in [0.29, 0.717) is 12.2 Å². The van der Waals surface area contributed by atoms with Gasteiger partial charge in [-0.25, -0.2) is 0 Å². The normalized spacial score (nSPS) is 12.5. The number of halogens is 1. The van der Waals surface area contributed by atoms with Crippen LogP contribution in [-0.2, 0) is 6.54 Å². The average molecular weight is 288 g/mol. The van der Waals surface area contributed by atoms with Crippen LogP contribution < -0.4 is 11.1 Å². The molecular formula is C11H18BrN3O. The van der Waals surface area contributed by atoms with E-state index >= 15 is 0 Å². The molecule has 1 atom stereocenters. The van der Waals surface area contributed by atoms with Crippen molar-refractivity contribution in [2.45, 2.75) is 32.9 Å². The predicted molar refractivity (Wildman–Crippen MR) is 68.4 cm³/mol. The molecule has 0 saturated heterocycles. The van der Waals surface area contributed by atoms with Gasteiger partial charge in [0, 0.05) is 29.8 Å². The Morgan fingerprint density at radius 2 is 2.38 bits per heavy atom. The van der Waals surface area contributed by atoms with Gasteiger partial charge >= 0.3 is 0 Å². The molecule has 4 nitrogen and oxygen atoms in total. The molecule has 0 spiro atoms. The Morgan fingerprint density at radius 1 is 1.69 bits per heavy atom. The molecule has 0 radical (unpaired) electrons. The minimum atomic E-state index is -0.0721. The number of carbonyl (C=O) groups excluding carboxylic acids is 1. The van der Waals surface area contributed by atoms with Crippen LogP contribution in [0.3, 0.4) is 0 Å². The number of amides is 1. The summed E-state index contributed by atoms with van der Waals surface area (Å²) in [5.41, 5.74) is 6.14. The molecule has 0 bridgehead atoms. The van der Waals surface area contributed by atoms with Crippen molar-refractivity contribution in [3.05, 3.63) is 22.4 Å². The van der Waals surface area contributed by atoms with Crippen LogP contribution in [0.15, 0.2) is 16.7 Å². The summed E-state index contributed by atoms with van der Waals surface area (Å²) in [6.45, 7) is 5.25. The molecule has 5 heteroatoms. The molecule has 0 saturated carbocycles. The third kappa shape index (κ3) is 3.35. The first-order valence-corrected chi connectivity index (χ1v) is 6.24. The van der Waals surface area contributed by atoms with Crippen LogP contribution in [0, 0.1) is 0 Å². The molecule has 1 amide bonds. The third-order valence-electron chi connectivity index (χ3n) is 2.29. The van der Waals surface area contributed by atoms with Gasteiger partial charge in [0.15, 0.2) is 0 Å². The summed E-state index contributed by atoms with van der Waals surface area (Å²) in [4.78, 5) is 11.9. The van der Waals surface area contributed by atoms with Gasteiger partial charge in [-0.3, -0.25) is 4.79 Å². The first-order chi connectivity index (χ1) is 7.58. The molecule has 0 aromatic carbocycles. The molecule has 0 aliphatic rings. The fourth-order valence-corrected chi connectivity index (χ4v) is 1.91. The van der Waals surface area contributed by atoms with Crippen molar-refractivity contribution in [3.63, 3.8) is 0 Å². The van der Waals surface area contributed by atoms with Crippen molar-refractivity contribution in [2.24, 2.45) is 5.73 Å². The second-order valence-electron chi connectivity index (χ2n) is 3.85. The van der Waals surface area contributed by atoms with Crippen LogP contribution in [-0.4, -0.2) is 23.1 Å². The van der Waals surface area contributed by atoms with E-state index in [4.69, 9.17) is 5.73 Å². The van der Waals surface area contributed by atoms with Crippen molar-refractivity contribution in [1.29, 1.82) is 0 Å². The fourth-order valence-electron chi connectivity index (χ4n) is 1.45. The van der Waals surface area contributed by atoms with E-state index < -0.39 is 0 Å². The molecule has 0 aliphatic carbocycles. The number of aryl methyl sites for hydroxylation is 1. The predicted octanol–water partition coefficient (Wildman–Crippen LogP) is 1.74. The summed E-state index contributed by atoms with van der Waals surface area (Å²) < 4.78 is 2.87. The molecular weight excluding hydrogens is 270 g/mol. The molecule has 0 unspecified atom stereocenters. The number of aromatic nitrogens is 1. The van der Waals surface area contributed by atoms with Gasteiger partial charge in [0.1, 0.15) is 5.69 Å². The van der Waals surface area contributed by atoms with Crippen LogP contribution >= 0.6 is 15.9 Å². The van der Waals surface area contributed by atoms with Crippen LogP contribution in [0.25, 0.3) is 0 Å². The summed E-state index contributed by atoms with van der Waals surface area (Å²) in [6, 6.07) is 1.82. The highest BCUT2D eigenvalue weighted by molar-refractivity contribution is 9.10. The summed E-state index contributed by atoms with van der Waals surface area (Å²) in [5.74, 6) is -0.0721. The van der Waals surface area contributed by atoms with Gasteiger partial charge in [-0.2, -0.15) is 0 Å². The monoisotopic (exact) mass is 287 g/mol. The topological polar surface area (TPSA) is 60.0 Å². The highest BCUT2D eigenvalue weighted by atomic mass is 79.9. The molecule has 3 N–H and O–H groups in total. The second-order valence-corrected chi connectivity index (χ2v) is 4.76. The number of carbonyl (C=O) groups is 1. The minimum Gasteiger partial charge on any atom is -0.347 e. The Kier molecular flexibility index (Phi) is 5.02. The zero-order valence-electron chi connectivity index (χ0n) is 9.66. The SMILES string of the molecule is CCCn1cc(Br)cc1C(=O)N[C@H](C)CN. The Bertz CT molecular complexity index is 362. The molecule has 1 aromatic rings. The molecule has 0 aliphatic heterocycles. The van der Waals surface area contributed by atoms with E-state index in [9.17, 15) is 4.79 Å². The molecule has 1 heterocycles. The average Bonchev–Trinajstić information content (AvgIpc) is 2.60. The Balaban J connectivity index is 2.81. The Morgan fingerprint density at radius 3 is 2.94 bits per heavy atom. The number of rotatable bonds is 5. The van der Waals surface area contributed by atoms with Crippen molar-refractivity contribution in [2.75, 3.05) is 6.54 Å². The van der Waals surface area contributed by atoms with Gasteiger partial charge in [0.25, 0.3) is 5.91 Å². The maximum atomic E-state index is 11.9. The summed E-state index contributed by atoms with van der Waals surface area (Å²) in [7, 11) is 0. The van der Waals surface area contributed by atoms with Crippen molar-refractivity contribution < 1.29 is 4.79 Å². The lowest BCUT2D eigenvalue weighted by Gasteiger charge is -2.12. The summed E-state index contributed by atoms with van der Waals surface area (Å²) in [6.07, 6.45) is 2.92. The van der Waals surface area contributed by atoms with Gasteiger partial charge in [0.05, 0.1) is 0 Å². The van der Waals surface area contributed by atoms with E-state index in [1.807, 2.05) is 23.8 Å². The molecule has 1 rings (SSSR count). The lowest BCUT2D eigenvalue weighted by Crippen LogP contribution is -2.38. The highest BCUT2D eigenvalue weighted by Crippen LogP contribution is 2.15. The maximum absolute atomic E-state index is 11.9. The summed E-state index contributed by atoms with van der Waals surface area (Å²) in [5, 5.41) is 2.85. The minimum absolute atomic E-state index is 0.00347. The van der Waals surface area contributed by atoms with Gasteiger partial charge in [-0.1, -0.05) is 6.92 Å². The highest BCUT2D eigenvalue weighted by Gasteiger charge is 2.14. The standard InChI is InChI=1S/C11H18BrN3O/c1-3-4-15-7-9(12)5-10(15)11(16)14-8(2)6-13/h5,7-8H,3-4,6,13H2,1-2H3,(H,14,16)/t8-/m1/s1.